The lowest BCUT2D eigenvalue weighted by atomic mass is 10.1. The van der Waals surface area contributed by atoms with Gasteiger partial charge in [0.2, 0.25) is 6.41 Å². The average molecular weight is 736 g/mol. The number of alkyl halides is 3. The Balaban J connectivity index is 0.000000407. The molecule has 1 unspecified atom stereocenters. The lowest BCUT2D eigenvalue weighted by molar-refractivity contribution is -0.140. The second-order valence-corrected chi connectivity index (χ2v) is 12.8. The summed E-state index contributed by atoms with van der Waals surface area (Å²) in [5.74, 6) is -0.284. The standard InChI is InChI=1S/C30H33N5O5.C9H8F4/c1-5-39-23-14-12-22(13-15-23)35-27(33-25-11-7-6-10-24(25)28(35)37)26(18-32-29(38)40-30(2,3)4)34(20-36)19-21-9-8-16-31-17-21;1-2-6-3-4-8(10)7(5-6)9(11,12)13/h6-17,20,26H,5,18-19H2,1-4H3,(H,32,38);3-5H,2H2,1H3. The molecule has 3 aromatic carbocycles. The van der Waals surface area contributed by atoms with Crippen LogP contribution in [0.5, 0.6) is 5.75 Å². The summed E-state index contributed by atoms with van der Waals surface area (Å²) in [4.78, 5) is 49.6. The highest BCUT2D eigenvalue weighted by molar-refractivity contribution is 5.78. The Morgan fingerprint density at radius 3 is 2.30 bits per heavy atom. The molecule has 0 aliphatic heterocycles. The first-order valence-electron chi connectivity index (χ1n) is 16.8. The number of carbonyl (C=O) groups is 2. The number of halogens is 4. The summed E-state index contributed by atoms with van der Waals surface area (Å²) in [6.45, 7) is 9.51. The maximum Gasteiger partial charge on any atom is 0.419 e. The van der Waals surface area contributed by atoms with Crippen LogP contribution in [-0.4, -0.2) is 50.7 Å². The molecule has 0 radical (unpaired) electrons. The van der Waals surface area contributed by atoms with E-state index in [0.717, 1.165) is 17.7 Å². The van der Waals surface area contributed by atoms with E-state index < -0.39 is 35.3 Å². The van der Waals surface area contributed by atoms with Crippen LogP contribution < -0.4 is 15.6 Å². The van der Waals surface area contributed by atoms with Crippen molar-refractivity contribution in [3.05, 3.63) is 130 Å². The number of aryl methyl sites for hydroxylation is 1. The number of alkyl carbamates (subject to hydrolysis) is 1. The smallest absolute Gasteiger partial charge is 0.419 e. The number of nitrogens with one attached hydrogen (secondary N) is 1. The van der Waals surface area contributed by atoms with Crippen molar-refractivity contribution in [2.24, 2.45) is 0 Å². The number of hydrogen-bond acceptors (Lipinski definition) is 7. The van der Waals surface area contributed by atoms with E-state index in [4.69, 9.17) is 14.5 Å². The van der Waals surface area contributed by atoms with Crippen LogP contribution in [0.1, 0.15) is 63.2 Å². The summed E-state index contributed by atoms with van der Waals surface area (Å²) in [6.07, 6.45) is -0.815. The molecule has 53 heavy (non-hydrogen) atoms. The minimum absolute atomic E-state index is 0.0598. The number of para-hydroxylation sites is 1. The van der Waals surface area contributed by atoms with Crippen molar-refractivity contribution >= 4 is 23.4 Å². The Bertz CT molecular complexity index is 2050. The van der Waals surface area contributed by atoms with Crippen molar-refractivity contribution in [1.29, 1.82) is 0 Å². The fourth-order valence-electron chi connectivity index (χ4n) is 5.27. The number of amides is 2. The zero-order chi connectivity index (χ0) is 38.8. The van der Waals surface area contributed by atoms with Gasteiger partial charge < -0.3 is 19.7 Å². The number of benzene rings is 3. The van der Waals surface area contributed by atoms with Gasteiger partial charge in [-0.25, -0.2) is 14.2 Å². The molecule has 10 nitrogen and oxygen atoms in total. The van der Waals surface area contributed by atoms with E-state index in [9.17, 15) is 31.9 Å². The van der Waals surface area contributed by atoms with Crippen molar-refractivity contribution < 1.29 is 36.6 Å². The number of ether oxygens (including phenoxy) is 2. The number of carbonyl (C=O) groups excluding carboxylic acids is 2. The first-order valence-corrected chi connectivity index (χ1v) is 16.8. The van der Waals surface area contributed by atoms with Crippen LogP contribution >= 0.6 is 0 Å². The highest BCUT2D eigenvalue weighted by Crippen LogP contribution is 2.32. The fourth-order valence-corrected chi connectivity index (χ4v) is 5.27. The van der Waals surface area contributed by atoms with Gasteiger partial charge in [0.25, 0.3) is 5.56 Å². The molecule has 0 saturated heterocycles. The molecular weight excluding hydrogens is 694 g/mol. The molecule has 2 aromatic heterocycles. The van der Waals surface area contributed by atoms with Crippen molar-refractivity contribution in [1.82, 2.24) is 24.8 Å². The summed E-state index contributed by atoms with van der Waals surface area (Å²) in [5, 5.41) is 3.18. The molecule has 0 saturated carbocycles. The average Bonchev–Trinajstić information content (AvgIpc) is 3.11. The van der Waals surface area contributed by atoms with Gasteiger partial charge in [0, 0.05) is 25.5 Å². The van der Waals surface area contributed by atoms with Crippen LogP contribution in [0.2, 0.25) is 0 Å². The summed E-state index contributed by atoms with van der Waals surface area (Å²) in [6, 6.07) is 19.9. The highest BCUT2D eigenvalue weighted by Gasteiger charge is 2.34. The predicted molar refractivity (Wildman–Crippen MR) is 192 cm³/mol. The van der Waals surface area contributed by atoms with Crippen molar-refractivity contribution in [2.45, 2.75) is 65.4 Å². The van der Waals surface area contributed by atoms with Gasteiger partial charge in [-0.05, 0) is 99.8 Å². The molecule has 0 bridgehead atoms. The largest absolute Gasteiger partial charge is 0.494 e. The third-order valence-corrected chi connectivity index (χ3v) is 7.71. The van der Waals surface area contributed by atoms with Crippen LogP contribution in [0.25, 0.3) is 16.6 Å². The van der Waals surface area contributed by atoms with Gasteiger partial charge in [0.1, 0.15) is 29.0 Å². The van der Waals surface area contributed by atoms with Crippen LogP contribution in [0, 0.1) is 5.82 Å². The van der Waals surface area contributed by atoms with Crippen molar-refractivity contribution in [3.8, 4) is 11.4 Å². The van der Waals surface area contributed by atoms with Gasteiger partial charge in [-0.15, -0.1) is 0 Å². The van der Waals surface area contributed by atoms with E-state index in [1.165, 1.54) is 15.5 Å². The molecule has 0 aliphatic carbocycles. The Morgan fingerprint density at radius 2 is 1.70 bits per heavy atom. The Labute approximate surface area is 304 Å². The summed E-state index contributed by atoms with van der Waals surface area (Å²) >= 11 is 0. The molecule has 14 heteroatoms. The Hall–Kier alpha value is -5.79. The van der Waals surface area contributed by atoms with Gasteiger partial charge in [-0.1, -0.05) is 31.2 Å². The number of nitrogens with zero attached hydrogens (tertiary/aromatic N) is 4. The third-order valence-electron chi connectivity index (χ3n) is 7.71. The van der Waals surface area contributed by atoms with Crippen LogP contribution in [0.15, 0.2) is 96.1 Å². The topological polar surface area (TPSA) is 116 Å². The zero-order valence-electron chi connectivity index (χ0n) is 30.0. The monoisotopic (exact) mass is 735 g/mol. The molecule has 280 valence electrons. The van der Waals surface area contributed by atoms with Crippen molar-refractivity contribution in [2.75, 3.05) is 13.2 Å². The maximum absolute atomic E-state index is 13.9. The van der Waals surface area contributed by atoms with Crippen LogP contribution in [0.4, 0.5) is 22.4 Å². The van der Waals surface area contributed by atoms with E-state index in [1.807, 2.05) is 13.0 Å². The molecule has 5 rings (SSSR count). The number of rotatable bonds is 11. The van der Waals surface area contributed by atoms with Gasteiger partial charge >= 0.3 is 12.3 Å². The molecule has 2 amide bonds. The summed E-state index contributed by atoms with van der Waals surface area (Å²) in [5.41, 5.74) is 0.0495. The van der Waals surface area contributed by atoms with Crippen LogP contribution in [0.3, 0.4) is 0 Å². The number of pyridine rings is 1. The van der Waals surface area contributed by atoms with Crippen LogP contribution in [-0.2, 0) is 28.7 Å². The minimum Gasteiger partial charge on any atom is -0.494 e. The summed E-state index contributed by atoms with van der Waals surface area (Å²) < 4.78 is 61.5. The normalized spacial score (nSPS) is 11.9. The lowest BCUT2D eigenvalue weighted by Gasteiger charge is -2.30. The van der Waals surface area contributed by atoms with E-state index in [0.29, 0.717) is 47.3 Å². The third kappa shape index (κ3) is 10.9. The molecular formula is C39H41F4N5O5. The second kappa shape index (κ2) is 17.6. The number of hydrogen-bond donors (Lipinski definition) is 1. The van der Waals surface area contributed by atoms with E-state index in [1.54, 1.807) is 94.7 Å². The fraction of sp³-hybridized carbons (Fsp3) is 0.308. The molecule has 5 aromatic rings. The summed E-state index contributed by atoms with van der Waals surface area (Å²) in [7, 11) is 0. The first kappa shape index (κ1) is 40.0. The number of fused-ring (bicyclic) bond motifs is 1. The predicted octanol–water partition coefficient (Wildman–Crippen LogP) is 7.81. The van der Waals surface area contributed by atoms with E-state index in [2.05, 4.69) is 10.3 Å². The molecule has 0 fully saturated rings. The number of aromatic nitrogens is 3. The zero-order valence-corrected chi connectivity index (χ0v) is 30.0. The molecule has 0 aliphatic rings. The van der Waals surface area contributed by atoms with Gasteiger partial charge in [-0.2, -0.15) is 13.2 Å². The molecule has 1 atom stereocenters. The van der Waals surface area contributed by atoms with E-state index >= 15 is 0 Å². The molecule has 0 spiro atoms. The minimum atomic E-state index is -4.60. The Morgan fingerprint density at radius 1 is 0.981 bits per heavy atom. The van der Waals surface area contributed by atoms with Gasteiger partial charge in [0.15, 0.2) is 0 Å². The first-order chi connectivity index (χ1) is 25.1. The highest BCUT2D eigenvalue weighted by atomic mass is 19.4. The van der Waals surface area contributed by atoms with E-state index in [-0.39, 0.29) is 24.5 Å². The SMILES string of the molecule is CCOc1ccc(-n2c(C(CNC(=O)OC(C)(C)C)N(C=O)Cc3cccnc3)nc3ccccc3c2=O)cc1.CCc1ccc(F)c(C(F)(F)F)c1. The maximum atomic E-state index is 13.9. The van der Waals surface area contributed by atoms with Crippen molar-refractivity contribution in [3.63, 3.8) is 0 Å². The second-order valence-electron chi connectivity index (χ2n) is 12.8. The quantitative estimate of drug-likeness (QED) is 0.109. The molecule has 2 heterocycles. The van der Waals surface area contributed by atoms with Gasteiger partial charge in [0.05, 0.1) is 28.8 Å². The van der Waals surface area contributed by atoms with Gasteiger partial charge in [-0.3, -0.25) is 19.1 Å². The lowest BCUT2D eigenvalue weighted by Crippen LogP contribution is -2.42. The molecule has 1 N–H and O–H groups in total. The Kier molecular flexibility index (Phi) is 13.3.